The SMILES string of the molecule is CC1CC(NC(=O)C2CCCCC2(C)N)CCN1Cc1ccccc1. The predicted molar refractivity (Wildman–Crippen MR) is 102 cm³/mol. The quantitative estimate of drug-likeness (QED) is 0.883. The van der Waals surface area contributed by atoms with Gasteiger partial charge in [0.1, 0.15) is 0 Å². The number of nitrogens with one attached hydrogen (secondary N) is 1. The van der Waals surface area contributed by atoms with E-state index in [9.17, 15) is 4.79 Å². The Kier molecular flexibility index (Phi) is 5.80. The van der Waals surface area contributed by atoms with Crippen LogP contribution in [-0.4, -0.2) is 35.0 Å². The van der Waals surface area contributed by atoms with Gasteiger partial charge in [-0.15, -0.1) is 0 Å². The van der Waals surface area contributed by atoms with E-state index >= 15 is 0 Å². The first-order valence-corrected chi connectivity index (χ1v) is 9.83. The number of likely N-dealkylation sites (tertiary alicyclic amines) is 1. The second-order valence-electron chi connectivity index (χ2n) is 8.34. The van der Waals surface area contributed by atoms with Crippen molar-refractivity contribution < 1.29 is 4.79 Å². The normalized spacial score (nSPS) is 33.8. The van der Waals surface area contributed by atoms with Gasteiger partial charge >= 0.3 is 0 Å². The van der Waals surface area contributed by atoms with Crippen LogP contribution in [-0.2, 0) is 11.3 Å². The summed E-state index contributed by atoms with van der Waals surface area (Å²) in [5, 5.41) is 3.31. The Morgan fingerprint density at radius 3 is 2.72 bits per heavy atom. The van der Waals surface area contributed by atoms with Gasteiger partial charge < -0.3 is 11.1 Å². The number of nitrogens with zero attached hydrogens (tertiary/aromatic N) is 1. The maximum Gasteiger partial charge on any atom is 0.225 e. The Morgan fingerprint density at radius 2 is 2.04 bits per heavy atom. The smallest absolute Gasteiger partial charge is 0.225 e. The number of hydrogen-bond donors (Lipinski definition) is 2. The minimum absolute atomic E-state index is 0.0288. The summed E-state index contributed by atoms with van der Waals surface area (Å²) in [6.45, 7) is 6.34. The number of rotatable bonds is 4. The second-order valence-corrected chi connectivity index (χ2v) is 8.34. The average molecular weight is 344 g/mol. The van der Waals surface area contributed by atoms with Crippen LogP contribution in [0.3, 0.4) is 0 Å². The van der Waals surface area contributed by atoms with Gasteiger partial charge in [0.2, 0.25) is 5.91 Å². The summed E-state index contributed by atoms with van der Waals surface area (Å²) in [6.07, 6.45) is 6.20. The Balaban J connectivity index is 1.52. The Morgan fingerprint density at radius 1 is 1.28 bits per heavy atom. The van der Waals surface area contributed by atoms with Crippen LogP contribution in [0.4, 0.5) is 0 Å². The highest BCUT2D eigenvalue weighted by Gasteiger charge is 2.39. The van der Waals surface area contributed by atoms with Crippen molar-refractivity contribution in [2.75, 3.05) is 6.54 Å². The minimum Gasteiger partial charge on any atom is -0.353 e. The van der Waals surface area contributed by atoms with Crippen molar-refractivity contribution in [3.05, 3.63) is 35.9 Å². The standard InChI is InChI=1S/C21H33N3O/c1-16-14-18(11-13-24(16)15-17-8-4-3-5-9-17)23-20(25)19-10-6-7-12-21(19,2)22/h3-5,8-9,16,18-19H,6-7,10-15,22H2,1-2H3,(H,23,25). The molecule has 1 aliphatic heterocycles. The third-order valence-corrected chi connectivity index (χ3v) is 6.16. The minimum atomic E-state index is -0.345. The summed E-state index contributed by atoms with van der Waals surface area (Å²) < 4.78 is 0. The molecule has 2 fully saturated rings. The van der Waals surface area contributed by atoms with Gasteiger partial charge in [0.25, 0.3) is 0 Å². The van der Waals surface area contributed by atoms with E-state index < -0.39 is 0 Å². The topological polar surface area (TPSA) is 58.4 Å². The highest BCUT2D eigenvalue weighted by molar-refractivity contribution is 5.80. The summed E-state index contributed by atoms with van der Waals surface area (Å²) in [7, 11) is 0. The molecule has 4 nitrogen and oxygen atoms in total. The maximum absolute atomic E-state index is 12.8. The van der Waals surface area contributed by atoms with Gasteiger partial charge in [-0.2, -0.15) is 0 Å². The monoisotopic (exact) mass is 343 g/mol. The highest BCUT2D eigenvalue weighted by Crippen LogP contribution is 2.32. The molecule has 4 unspecified atom stereocenters. The molecule has 1 aliphatic carbocycles. The highest BCUT2D eigenvalue weighted by atomic mass is 16.2. The first-order valence-electron chi connectivity index (χ1n) is 9.83. The van der Waals surface area contributed by atoms with E-state index in [1.54, 1.807) is 0 Å². The van der Waals surface area contributed by atoms with E-state index in [1.165, 1.54) is 5.56 Å². The molecule has 1 aromatic rings. The molecule has 3 rings (SSSR count). The van der Waals surface area contributed by atoms with Crippen molar-refractivity contribution >= 4 is 5.91 Å². The lowest BCUT2D eigenvalue weighted by Gasteiger charge is -2.41. The Bertz CT molecular complexity index is 572. The molecule has 1 saturated carbocycles. The predicted octanol–water partition coefficient (Wildman–Crippen LogP) is 3.06. The summed E-state index contributed by atoms with van der Waals surface area (Å²) in [5.74, 6) is 0.150. The van der Waals surface area contributed by atoms with Gasteiger partial charge in [-0.05, 0) is 45.1 Å². The third kappa shape index (κ3) is 4.62. The lowest BCUT2D eigenvalue weighted by molar-refractivity contribution is -0.129. The number of hydrogen-bond acceptors (Lipinski definition) is 3. The van der Waals surface area contributed by atoms with Gasteiger partial charge in [-0.3, -0.25) is 9.69 Å². The van der Waals surface area contributed by atoms with Crippen molar-refractivity contribution in [1.82, 2.24) is 10.2 Å². The molecule has 138 valence electrons. The van der Waals surface area contributed by atoms with Gasteiger partial charge in [0, 0.05) is 30.7 Å². The van der Waals surface area contributed by atoms with Crippen LogP contribution >= 0.6 is 0 Å². The zero-order chi connectivity index (χ0) is 17.9. The van der Waals surface area contributed by atoms with Crippen molar-refractivity contribution in [3.63, 3.8) is 0 Å². The largest absolute Gasteiger partial charge is 0.353 e. The summed E-state index contributed by atoms with van der Waals surface area (Å²) in [5.41, 5.74) is 7.41. The van der Waals surface area contributed by atoms with Crippen LogP contribution in [0.5, 0.6) is 0 Å². The molecule has 0 aromatic heterocycles. The molecule has 25 heavy (non-hydrogen) atoms. The second kappa shape index (κ2) is 7.88. The molecule has 4 heteroatoms. The van der Waals surface area contributed by atoms with E-state index in [0.717, 1.165) is 51.6 Å². The Hall–Kier alpha value is -1.39. The molecule has 0 radical (unpaired) electrons. The van der Waals surface area contributed by atoms with E-state index in [0.29, 0.717) is 6.04 Å². The molecular formula is C21H33N3O. The fraction of sp³-hybridized carbons (Fsp3) is 0.667. The average Bonchev–Trinajstić information content (AvgIpc) is 2.58. The molecule has 0 bridgehead atoms. The van der Waals surface area contributed by atoms with Gasteiger partial charge in [0.15, 0.2) is 0 Å². The van der Waals surface area contributed by atoms with Crippen molar-refractivity contribution in [2.45, 2.75) is 76.5 Å². The number of piperidine rings is 1. The molecular weight excluding hydrogens is 310 g/mol. The lowest BCUT2D eigenvalue weighted by atomic mass is 9.74. The van der Waals surface area contributed by atoms with E-state index in [2.05, 4.69) is 47.5 Å². The van der Waals surface area contributed by atoms with Crippen molar-refractivity contribution in [3.8, 4) is 0 Å². The zero-order valence-electron chi connectivity index (χ0n) is 15.7. The molecule has 4 atom stereocenters. The first-order chi connectivity index (χ1) is 12.0. The fourth-order valence-electron chi connectivity index (χ4n) is 4.50. The maximum atomic E-state index is 12.8. The fourth-order valence-corrected chi connectivity index (χ4v) is 4.50. The van der Waals surface area contributed by atoms with Crippen LogP contribution < -0.4 is 11.1 Å². The van der Waals surface area contributed by atoms with Crippen molar-refractivity contribution in [2.24, 2.45) is 11.7 Å². The molecule has 1 aromatic carbocycles. The van der Waals surface area contributed by atoms with Crippen LogP contribution in [0.15, 0.2) is 30.3 Å². The summed E-state index contributed by atoms with van der Waals surface area (Å²) >= 11 is 0. The number of nitrogens with two attached hydrogens (primary N) is 1. The van der Waals surface area contributed by atoms with Crippen LogP contribution in [0.2, 0.25) is 0 Å². The zero-order valence-corrected chi connectivity index (χ0v) is 15.7. The number of benzene rings is 1. The third-order valence-electron chi connectivity index (χ3n) is 6.16. The van der Waals surface area contributed by atoms with Crippen molar-refractivity contribution in [1.29, 1.82) is 0 Å². The van der Waals surface area contributed by atoms with Gasteiger partial charge in [-0.1, -0.05) is 43.2 Å². The molecule has 2 aliphatic rings. The van der Waals surface area contributed by atoms with Gasteiger partial charge in [-0.25, -0.2) is 0 Å². The molecule has 3 N–H and O–H groups in total. The van der Waals surface area contributed by atoms with Crippen LogP contribution in [0.25, 0.3) is 0 Å². The molecule has 1 amide bonds. The molecule has 0 spiro atoms. The summed E-state index contributed by atoms with van der Waals surface area (Å²) in [6, 6.07) is 11.4. The Labute approximate surface area is 152 Å². The van der Waals surface area contributed by atoms with E-state index in [1.807, 2.05) is 6.92 Å². The molecule has 1 heterocycles. The van der Waals surface area contributed by atoms with Crippen LogP contribution in [0.1, 0.15) is 57.9 Å². The number of amides is 1. The summed E-state index contributed by atoms with van der Waals surface area (Å²) in [4.78, 5) is 15.3. The number of carbonyl (C=O) groups excluding carboxylic acids is 1. The van der Waals surface area contributed by atoms with Gasteiger partial charge in [0.05, 0.1) is 5.92 Å². The van der Waals surface area contributed by atoms with E-state index in [4.69, 9.17) is 5.73 Å². The first kappa shape index (κ1) is 18.4. The molecule has 1 saturated heterocycles. The lowest BCUT2D eigenvalue weighted by Crippen LogP contribution is -2.56. The number of carbonyl (C=O) groups is 1. The van der Waals surface area contributed by atoms with E-state index in [-0.39, 0.29) is 23.4 Å². The van der Waals surface area contributed by atoms with Crippen LogP contribution in [0, 0.1) is 5.92 Å².